The molecule has 0 amide bonds. The molecule has 84 valence electrons. The monoisotopic (exact) mass is 235 g/mol. The lowest BCUT2D eigenvalue weighted by molar-refractivity contribution is 0.285. The second-order valence-corrected chi connectivity index (χ2v) is 4.68. The fraction of sp³-hybridized carbons (Fsp3) is 0.250. The molecule has 3 nitrogen and oxygen atoms in total. The van der Waals surface area contributed by atoms with Crippen molar-refractivity contribution in [3.05, 3.63) is 45.9 Å². The van der Waals surface area contributed by atoms with Crippen molar-refractivity contribution in [1.29, 1.82) is 0 Å². The van der Waals surface area contributed by atoms with Gasteiger partial charge in [0.2, 0.25) is 0 Å². The number of aliphatic hydroxyl groups excluding tert-OH is 1. The summed E-state index contributed by atoms with van der Waals surface area (Å²) in [6, 6.07) is 7.90. The molecule has 2 rings (SSSR count). The quantitative estimate of drug-likeness (QED) is 0.885. The summed E-state index contributed by atoms with van der Waals surface area (Å²) in [6.07, 6.45) is 1.68. The molecule has 0 radical (unpaired) electrons. The molecule has 0 spiro atoms. The lowest BCUT2D eigenvalue weighted by Gasteiger charge is -2.03. The zero-order chi connectivity index (χ0) is 11.4. The van der Waals surface area contributed by atoms with Gasteiger partial charge in [0.1, 0.15) is 17.4 Å². The van der Waals surface area contributed by atoms with Crippen molar-refractivity contribution in [1.82, 2.24) is 4.98 Å². The molecule has 0 fully saturated rings. The van der Waals surface area contributed by atoms with Crippen LogP contribution in [0.5, 0.6) is 5.75 Å². The highest BCUT2D eigenvalue weighted by molar-refractivity contribution is 7.11. The third-order valence-corrected chi connectivity index (χ3v) is 3.10. The minimum Gasteiger partial charge on any atom is -0.486 e. The molecule has 2 aromatic rings. The molecule has 1 aromatic heterocycles. The topological polar surface area (TPSA) is 42.4 Å². The molecule has 0 saturated carbocycles. The number of nitrogens with zero attached hydrogens (tertiary/aromatic N) is 1. The number of aliphatic hydroxyl groups is 1. The van der Waals surface area contributed by atoms with Gasteiger partial charge < -0.3 is 9.84 Å². The van der Waals surface area contributed by atoms with Gasteiger partial charge >= 0.3 is 0 Å². The number of hydrogen-bond acceptors (Lipinski definition) is 4. The van der Waals surface area contributed by atoms with Crippen molar-refractivity contribution in [2.24, 2.45) is 0 Å². The Morgan fingerprint density at radius 1 is 1.31 bits per heavy atom. The highest BCUT2D eigenvalue weighted by atomic mass is 32.1. The molecule has 0 unspecified atom stereocenters. The zero-order valence-corrected chi connectivity index (χ0v) is 9.83. The van der Waals surface area contributed by atoms with Crippen LogP contribution in [0.2, 0.25) is 0 Å². The van der Waals surface area contributed by atoms with E-state index in [9.17, 15) is 0 Å². The van der Waals surface area contributed by atoms with Gasteiger partial charge in [-0.1, -0.05) is 17.7 Å². The van der Waals surface area contributed by atoms with Gasteiger partial charge in [-0.15, -0.1) is 11.3 Å². The first kappa shape index (κ1) is 11.1. The molecule has 0 atom stereocenters. The molecule has 0 saturated heterocycles. The molecule has 0 aliphatic carbocycles. The van der Waals surface area contributed by atoms with Crippen LogP contribution in [-0.2, 0) is 13.2 Å². The molecule has 16 heavy (non-hydrogen) atoms. The summed E-state index contributed by atoms with van der Waals surface area (Å²) < 4.78 is 5.57. The molecule has 1 heterocycles. The van der Waals surface area contributed by atoms with Crippen LogP contribution >= 0.6 is 11.3 Å². The van der Waals surface area contributed by atoms with E-state index in [1.165, 1.54) is 16.9 Å². The molecular weight excluding hydrogens is 222 g/mol. The minimum atomic E-state index is 0.0438. The fourth-order valence-electron chi connectivity index (χ4n) is 1.27. The van der Waals surface area contributed by atoms with E-state index < -0.39 is 0 Å². The van der Waals surface area contributed by atoms with Gasteiger partial charge in [-0.25, -0.2) is 4.98 Å². The maximum absolute atomic E-state index is 8.90. The first-order valence-corrected chi connectivity index (χ1v) is 5.83. The summed E-state index contributed by atoms with van der Waals surface area (Å²) in [7, 11) is 0. The molecule has 0 aliphatic heterocycles. The highest BCUT2D eigenvalue weighted by Gasteiger charge is 2.01. The molecule has 1 aromatic carbocycles. The van der Waals surface area contributed by atoms with E-state index in [0.717, 1.165) is 15.6 Å². The van der Waals surface area contributed by atoms with Crippen molar-refractivity contribution < 1.29 is 9.84 Å². The van der Waals surface area contributed by atoms with E-state index in [1.807, 2.05) is 31.2 Å². The lowest BCUT2D eigenvalue weighted by atomic mass is 10.2. The summed E-state index contributed by atoms with van der Waals surface area (Å²) >= 11 is 1.47. The van der Waals surface area contributed by atoms with Gasteiger partial charge in [-0.2, -0.15) is 0 Å². The van der Waals surface area contributed by atoms with Crippen LogP contribution in [0.25, 0.3) is 0 Å². The maximum Gasteiger partial charge on any atom is 0.140 e. The van der Waals surface area contributed by atoms with Crippen LogP contribution in [0.15, 0.2) is 30.5 Å². The standard InChI is InChI=1S/C12H13NO2S/c1-9-2-4-10(5-3-9)15-8-12-13-6-11(7-14)16-12/h2-6,14H,7-8H2,1H3. The van der Waals surface area contributed by atoms with E-state index in [4.69, 9.17) is 9.84 Å². The molecule has 0 aliphatic rings. The van der Waals surface area contributed by atoms with Crippen LogP contribution in [0.4, 0.5) is 0 Å². The third kappa shape index (κ3) is 2.81. The van der Waals surface area contributed by atoms with E-state index in [2.05, 4.69) is 4.98 Å². The Morgan fingerprint density at radius 2 is 2.06 bits per heavy atom. The van der Waals surface area contributed by atoms with Crippen molar-refractivity contribution >= 4 is 11.3 Å². The highest BCUT2D eigenvalue weighted by Crippen LogP contribution is 2.17. The smallest absolute Gasteiger partial charge is 0.140 e. The Balaban J connectivity index is 1.94. The van der Waals surface area contributed by atoms with Gasteiger partial charge in [-0.3, -0.25) is 0 Å². The van der Waals surface area contributed by atoms with Crippen molar-refractivity contribution in [3.63, 3.8) is 0 Å². The van der Waals surface area contributed by atoms with Gasteiger partial charge in [0.15, 0.2) is 0 Å². The van der Waals surface area contributed by atoms with E-state index in [-0.39, 0.29) is 6.61 Å². The Hall–Kier alpha value is -1.39. The second kappa shape index (κ2) is 5.09. The summed E-state index contributed by atoms with van der Waals surface area (Å²) in [6.45, 7) is 2.54. The van der Waals surface area contributed by atoms with Gasteiger partial charge in [0.05, 0.1) is 11.5 Å². The second-order valence-electron chi connectivity index (χ2n) is 3.48. The number of aromatic nitrogens is 1. The van der Waals surface area contributed by atoms with Gasteiger partial charge in [0, 0.05) is 6.20 Å². The predicted octanol–water partition coefficient (Wildman–Crippen LogP) is 2.52. The summed E-state index contributed by atoms with van der Waals surface area (Å²) in [5.41, 5.74) is 1.21. The average molecular weight is 235 g/mol. The molecule has 0 bridgehead atoms. The number of rotatable bonds is 4. The van der Waals surface area contributed by atoms with Crippen molar-refractivity contribution in [2.45, 2.75) is 20.1 Å². The fourth-order valence-corrected chi connectivity index (χ4v) is 1.96. The summed E-state index contributed by atoms with van der Waals surface area (Å²) in [4.78, 5) is 5.02. The summed E-state index contributed by atoms with van der Waals surface area (Å²) in [5, 5.41) is 9.78. The maximum atomic E-state index is 8.90. The number of hydrogen-bond donors (Lipinski definition) is 1. The Morgan fingerprint density at radius 3 is 2.69 bits per heavy atom. The van der Waals surface area contributed by atoms with Crippen LogP contribution in [-0.4, -0.2) is 10.1 Å². The van der Waals surface area contributed by atoms with Crippen LogP contribution in [0.1, 0.15) is 15.4 Å². The van der Waals surface area contributed by atoms with E-state index in [0.29, 0.717) is 6.61 Å². The lowest BCUT2D eigenvalue weighted by Crippen LogP contribution is -1.94. The van der Waals surface area contributed by atoms with E-state index in [1.54, 1.807) is 6.20 Å². The Bertz CT molecular complexity index is 450. The number of aryl methyl sites for hydroxylation is 1. The van der Waals surface area contributed by atoms with Gasteiger partial charge in [-0.05, 0) is 19.1 Å². The Kier molecular flexibility index (Phi) is 3.54. The first-order chi connectivity index (χ1) is 7.78. The molecule has 4 heteroatoms. The number of benzene rings is 1. The number of ether oxygens (including phenoxy) is 1. The van der Waals surface area contributed by atoms with Gasteiger partial charge in [0.25, 0.3) is 0 Å². The summed E-state index contributed by atoms with van der Waals surface area (Å²) in [5.74, 6) is 0.839. The first-order valence-electron chi connectivity index (χ1n) is 5.02. The zero-order valence-electron chi connectivity index (χ0n) is 9.01. The van der Waals surface area contributed by atoms with Crippen LogP contribution < -0.4 is 4.74 Å². The number of thiazole rings is 1. The minimum absolute atomic E-state index is 0.0438. The van der Waals surface area contributed by atoms with E-state index >= 15 is 0 Å². The largest absolute Gasteiger partial charge is 0.486 e. The Labute approximate surface area is 98.4 Å². The molecule has 1 N–H and O–H groups in total. The average Bonchev–Trinajstić information content (AvgIpc) is 2.76. The SMILES string of the molecule is Cc1ccc(OCc2ncc(CO)s2)cc1. The predicted molar refractivity (Wildman–Crippen MR) is 63.5 cm³/mol. The van der Waals surface area contributed by atoms with Crippen molar-refractivity contribution in [2.75, 3.05) is 0 Å². The molecular formula is C12H13NO2S. The van der Waals surface area contributed by atoms with Crippen LogP contribution in [0.3, 0.4) is 0 Å². The van der Waals surface area contributed by atoms with Crippen molar-refractivity contribution in [3.8, 4) is 5.75 Å². The normalized spacial score (nSPS) is 10.4. The third-order valence-electron chi connectivity index (χ3n) is 2.14. The van der Waals surface area contributed by atoms with Crippen LogP contribution in [0, 0.1) is 6.92 Å².